The third-order valence-corrected chi connectivity index (χ3v) is 9.10. The average molecular weight is 716 g/mol. The van der Waals surface area contributed by atoms with E-state index in [1.54, 1.807) is 91.0 Å². The molecule has 0 saturated carbocycles. The molecule has 0 heterocycles. The molecule has 1 atom stereocenters. The van der Waals surface area contributed by atoms with Crippen LogP contribution >= 0.6 is 11.8 Å². The highest BCUT2D eigenvalue weighted by Crippen LogP contribution is 2.38. The summed E-state index contributed by atoms with van der Waals surface area (Å²) in [5.74, 6) is -0.124. The molecule has 5 aromatic rings. The highest BCUT2D eigenvalue weighted by Gasteiger charge is 2.23. The summed E-state index contributed by atoms with van der Waals surface area (Å²) in [7, 11) is 4.48. The lowest BCUT2D eigenvalue weighted by Crippen LogP contribution is -2.30. The van der Waals surface area contributed by atoms with Crippen LogP contribution in [0.2, 0.25) is 0 Å². The van der Waals surface area contributed by atoms with Crippen molar-refractivity contribution in [1.82, 2.24) is 5.32 Å². The topological polar surface area (TPSA) is 132 Å². The lowest BCUT2D eigenvalue weighted by molar-refractivity contribution is -0.116. The van der Waals surface area contributed by atoms with Gasteiger partial charge in [0.05, 0.1) is 21.3 Å². The molecule has 0 aliphatic heterocycles. The molecule has 3 amide bonds. The van der Waals surface area contributed by atoms with Crippen molar-refractivity contribution in [2.75, 3.05) is 32.0 Å². The third kappa shape index (κ3) is 9.46. The second-order valence-electron chi connectivity index (χ2n) is 11.3. The third-order valence-electron chi connectivity index (χ3n) is 7.83. The van der Waals surface area contributed by atoms with Gasteiger partial charge in [-0.05, 0) is 85.3 Å². The van der Waals surface area contributed by atoms with E-state index in [0.717, 1.165) is 10.5 Å². The number of thioether (sulfide) groups is 1. The summed E-state index contributed by atoms with van der Waals surface area (Å²) in [6.45, 7) is 1.49. The van der Waals surface area contributed by atoms with Crippen LogP contribution in [0.3, 0.4) is 0 Å². The maximum atomic E-state index is 13.8. The Hall–Kier alpha value is -6.33. The molecule has 5 rings (SSSR count). The van der Waals surface area contributed by atoms with Gasteiger partial charge in [0, 0.05) is 39.0 Å². The van der Waals surface area contributed by atoms with Crippen LogP contribution in [0, 0.1) is 0 Å². The summed E-state index contributed by atoms with van der Waals surface area (Å²) >= 11 is 1.35. The van der Waals surface area contributed by atoms with Crippen LogP contribution in [-0.4, -0.2) is 44.8 Å². The van der Waals surface area contributed by atoms with Crippen molar-refractivity contribution in [2.45, 2.75) is 17.1 Å². The molecule has 0 aromatic heterocycles. The number of amides is 3. The van der Waals surface area contributed by atoms with E-state index in [0.29, 0.717) is 45.3 Å². The van der Waals surface area contributed by atoms with E-state index in [-0.39, 0.29) is 17.4 Å². The lowest BCUT2D eigenvalue weighted by atomic mass is 10.1. The molecule has 0 fully saturated rings. The number of carbonyl (C=O) groups excluding carboxylic acids is 4. The van der Waals surface area contributed by atoms with Crippen LogP contribution in [0.5, 0.6) is 17.2 Å². The number of Topliss-reactive ketones (excluding diaryl/α,β-unsaturated/α-hetero) is 1. The summed E-state index contributed by atoms with van der Waals surface area (Å²) in [5.41, 5.74) is 3.17. The fourth-order valence-corrected chi connectivity index (χ4v) is 6.14. The number of anilines is 2. The van der Waals surface area contributed by atoms with E-state index >= 15 is 0 Å². The van der Waals surface area contributed by atoms with Crippen molar-refractivity contribution in [3.05, 3.63) is 149 Å². The zero-order chi connectivity index (χ0) is 37.0. The number of hydrogen-bond acceptors (Lipinski definition) is 8. The van der Waals surface area contributed by atoms with E-state index in [1.807, 2.05) is 30.3 Å². The first-order valence-electron chi connectivity index (χ1n) is 16.1. The number of rotatable bonds is 14. The number of ketones is 1. The van der Waals surface area contributed by atoms with E-state index < -0.39 is 17.1 Å². The van der Waals surface area contributed by atoms with Crippen molar-refractivity contribution < 1.29 is 33.4 Å². The van der Waals surface area contributed by atoms with Gasteiger partial charge in [-0.3, -0.25) is 19.2 Å². The van der Waals surface area contributed by atoms with Gasteiger partial charge >= 0.3 is 0 Å². The quantitative estimate of drug-likeness (QED) is 0.0603. The van der Waals surface area contributed by atoms with Crippen molar-refractivity contribution in [2.24, 2.45) is 0 Å². The monoisotopic (exact) mass is 715 g/mol. The zero-order valence-electron chi connectivity index (χ0n) is 29.0. The highest BCUT2D eigenvalue weighted by atomic mass is 32.2. The Morgan fingerprint density at radius 3 is 1.79 bits per heavy atom. The van der Waals surface area contributed by atoms with Crippen LogP contribution in [-0.2, 0) is 9.59 Å². The Bertz CT molecular complexity index is 2070. The molecule has 0 bridgehead atoms. The lowest BCUT2D eigenvalue weighted by Gasteiger charge is -2.18. The Balaban J connectivity index is 1.38. The predicted octanol–water partition coefficient (Wildman–Crippen LogP) is 7.80. The minimum Gasteiger partial charge on any atom is -0.496 e. The summed E-state index contributed by atoms with van der Waals surface area (Å²) < 4.78 is 16.4. The van der Waals surface area contributed by atoms with Crippen molar-refractivity contribution in [1.29, 1.82) is 0 Å². The van der Waals surface area contributed by atoms with Crippen LogP contribution in [0.25, 0.3) is 6.08 Å². The van der Waals surface area contributed by atoms with Crippen LogP contribution < -0.4 is 30.2 Å². The number of nitrogens with one attached hydrogen (secondary N) is 3. The van der Waals surface area contributed by atoms with Gasteiger partial charge < -0.3 is 30.2 Å². The number of methoxy groups -OCH3 is 3. The van der Waals surface area contributed by atoms with Gasteiger partial charge in [-0.15, -0.1) is 11.8 Å². The van der Waals surface area contributed by atoms with Crippen molar-refractivity contribution >= 4 is 52.7 Å². The van der Waals surface area contributed by atoms with Gasteiger partial charge in [0.25, 0.3) is 11.8 Å². The molecule has 10 nitrogen and oxygen atoms in total. The molecular weight excluding hydrogens is 679 g/mol. The van der Waals surface area contributed by atoms with Crippen LogP contribution in [0.15, 0.2) is 132 Å². The SMILES string of the molecule is COc1cc(OC)c(OC)cc1/C=C(\NC(=O)c1ccccc1)C(=O)Nc1ccc(SC(C(=O)Nc2ccc(C(C)=O)cc2)c2ccccc2)cc1. The number of ether oxygens (including phenoxy) is 3. The molecule has 1 unspecified atom stereocenters. The molecule has 0 aliphatic rings. The van der Waals surface area contributed by atoms with Crippen LogP contribution in [0.4, 0.5) is 11.4 Å². The first-order chi connectivity index (χ1) is 25.2. The molecule has 0 saturated heterocycles. The smallest absolute Gasteiger partial charge is 0.272 e. The minimum atomic E-state index is -0.603. The Labute approximate surface area is 306 Å². The summed E-state index contributed by atoms with van der Waals surface area (Å²) in [6.07, 6.45) is 1.50. The number of carbonyl (C=O) groups is 4. The molecule has 3 N–H and O–H groups in total. The predicted molar refractivity (Wildman–Crippen MR) is 203 cm³/mol. The second kappa shape index (κ2) is 17.6. The van der Waals surface area contributed by atoms with Crippen LogP contribution in [0.1, 0.15) is 44.0 Å². The second-order valence-corrected chi connectivity index (χ2v) is 12.5. The molecule has 0 spiro atoms. The normalized spacial score (nSPS) is 11.5. The van der Waals surface area contributed by atoms with Crippen molar-refractivity contribution in [3.8, 4) is 17.2 Å². The van der Waals surface area contributed by atoms with Gasteiger partial charge in [0.1, 0.15) is 16.7 Å². The van der Waals surface area contributed by atoms with Gasteiger partial charge in [-0.25, -0.2) is 0 Å². The fraction of sp³-hybridized carbons (Fsp3) is 0.122. The Morgan fingerprint density at radius 1 is 0.635 bits per heavy atom. The molecule has 52 heavy (non-hydrogen) atoms. The van der Waals surface area contributed by atoms with Gasteiger partial charge in [-0.2, -0.15) is 0 Å². The van der Waals surface area contributed by atoms with Gasteiger partial charge in [0.15, 0.2) is 17.3 Å². The molecule has 0 radical (unpaired) electrons. The van der Waals surface area contributed by atoms with E-state index in [1.165, 1.54) is 46.1 Å². The number of benzene rings is 5. The van der Waals surface area contributed by atoms with E-state index in [4.69, 9.17) is 14.2 Å². The maximum Gasteiger partial charge on any atom is 0.272 e. The largest absolute Gasteiger partial charge is 0.496 e. The molecule has 264 valence electrons. The highest BCUT2D eigenvalue weighted by molar-refractivity contribution is 8.00. The fourth-order valence-electron chi connectivity index (χ4n) is 5.11. The van der Waals surface area contributed by atoms with Crippen molar-refractivity contribution in [3.63, 3.8) is 0 Å². The summed E-state index contributed by atoms with van der Waals surface area (Å²) in [5, 5.41) is 7.94. The summed E-state index contributed by atoms with van der Waals surface area (Å²) in [4.78, 5) is 53.0. The van der Waals surface area contributed by atoms with Gasteiger partial charge in [0.2, 0.25) is 5.91 Å². The first-order valence-corrected chi connectivity index (χ1v) is 17.0. The minimum absolute atomic E-state index is 0.0463. The maximum absolute atomic E-state index is 13.8. The van der Waals surface area contributed by atoms with Gasteiger partial charge in [-0.1, -0.05) is 48.5 Å². The summed E-state index contributed by atoms with van der Waals surface area (Å²) in [6, 6.07) is 35.0. The average Bonchev–Trinajstić information content (AvgIpc) is 3.17. The van der Waals surface area contributed by atoms with E-state index in [2.05, 4.69) is 16.0 Å². The molecular formula is C41H37N3O7S. The standard InChI is InChI=1S/C41H37N3O7S/c1-26(45)27-15-17-31(18-16-27)43-41(48)38(28-11-7-5-8-12-28)52-33-21-19-32(20-22-33)42-40(47)34(44-39(46)29-13-9-6-10-14-29)23-30-24-36(50-3)37(51-4)25-35(30)49-2/h5-25,38H,1-4H3,(H,42,47)(H,43,48)(H,44,46)/b34-23-. The number of hydrogen-bond donors (Lipinski definition) is 3. The zero-order valence-corrected chi connectivity index (χ0v) is 29.8. The Kier molecular flexibility index (Phi) is 12.5. The molecule has 0 aliphatic carbocycles. The Morgan fingerprint density at radius 2 is 1.19 bits per heavy atom. The first kappa shape index (κ1) is 36.9. The molecule has 11 heteroatoms. The van der Waals surface area contributed by atoms with E-state index in [9.17, 15) is 19.2 Å². The molecule has 5 aromatic carbocycles.